The van der Waals surface area contributed by atoms with Crippen molar-refractivity contribution >= 4 is 23.6 Å². The summed E-state index contributed by atoms with van der Waals surface area (Å²) in [4.78, 5) is 12.0. The van der Waals surface area contributed by atoms with Crippen LogP contribution in [0.15, 0.2) is 48.5 Å². The van der Waals surface area contributed by atoms with E-state index in [1.54, 1.807) is 24.3 Å². The first-order valence-electron chi connectivity index (χ1n) is 7.48. The maximum absolute atomic E-state index is 12.0. The van der Waals surface area contributed by atoms with Crippen LogP contribution in [0, 0.1) is 6.92 Å². The predicted octanol–water partition coefficient (Wildman–Crippen LogP) is 5.06. The van der Waals surface area contributed by atoms with Crippen molar-refractivity contribution in [2.24, 2.45) is 0 Å². The van der Waals surface area contributed by atoms with Crippen LogP contribution < -0.4 is 9.47 Å². The summed E-state index contributed by atoms with van der Waals surface area (Å²) in [5.74, 6) is 0.807. The van der Waals surface area contributed by atoms with Gasteiger partial charge in [0.25, 0.3) is 0 Å². The summed E-state index contributed by atoms with van der Waals surface area (Å²) >= 11 is 5.89. The minimum absolute atomic E-state index is 0.444. The van der Waals surface area contributed by atoms with Gasteiger partial charge in [-0.1, -0.05) is 36.7 Å². The third-order valence-corrected chi connectivity index (χ3v) is 3.36. The average molecular weight is 331 g/mol. The Balaban J connectivity index is 2.06. The molecule has 120 valence electrons. The number of hydrogen-bond acceptors (Lipinski definition) is 3. The first kappa shape index (κ1) is 17.1. The summed E-state index contributed by atoms with van der Waals surface area (Å²) in [5, 5.41) is 0.611. The van der Waals surface area contributed by atoms with E-state index in [1.807, 2.05) is 38.1 Å². The lowest BCUT2D eigenvalue weighted by Gasteiger charge is -2.08. The average Bonchev–Trinajstić information content (AvgIpc) is 2.54. The van der Waals surface area contributed by atoms with E-state index in [0.29, 0.717) is 17.4 Å². The predicted molar refractivity (Wildman–Crippen MR) is 93.1 cm³/mol. The van der Waals surface area contributed by atoms with E-state index in [-0.39, 0.29) is 0 Å². The van der Waals surface area contributed by atoms with Crippen LogP contribution >= 0.6 is 11.6 Å². The zero-order valence-corrected chi connectivity index (χ0v) is 14.0. The molecular weight excluding hydrogens is 312 g/mol. The van der Waals surface area contributed by atoms with Crippen molar-refractivity contribution in [2.75, 3.05) is 6.61 Å². The number of halogens is 1. The van der Waals surface area contributed by atoms with Crippen LogP contribution in [0.5, 0.6) is 11.5 Å². The fourth-order valence-electron chi connectivity index (χ4n) is 1.99. The van der Waals surface area contributed by atoms with Crippen molar-refractivity contribution in [1.82, 2.24) is 0 Å². The normalized spacial score (nSPS) is 10.7. The fourth-order valence-corrected chi connectivity index (χ4v) is 2.22. The molecule has 0 spiro atoms. The number of esters is 1. The van der Waals surface area contributed by atoms with Crippen LogP contribution in [-0.2, 0) is 4.79 Å². The lowest BCUT2D eigenvalue weighted by molar-refractivity contribution is -0.128. The van der Waals surface area contributed by atoms with Gasteiger partial charge in [0.05, 0.1) is 6.61 Å². The second-order valence-corrected chi connectivity index (χ2v) is 5.49. The molecule has 0 atom stereocenters. The van der Waals surface area contributed by atoms with Gasteiger partial charge in [-0.2, -0.15) is 0 Å². The van der Waals surface area contributed by atoms with Crippen molar-refractivity contribution in [2.45, 2.75) is 20.3 Å². The fraction of sp³-hybridized carbons (Fsp3) is 0.211. The summed E-state index contributed by atoms with van der Waals surface area (Å²) in [6, 6.07) is 12.7. The second-order valence-electron chi connectivity index (χ2n) is 5.05. The maximum atomic E-state index is 12.0. The number of hydrogen-bond donors (Lipinski definition) is 0. The number of aryl methyl sites for hydroxylation is 1. The minimum atomic E-state index is -0.444. The molecule has 0 bridgehead atoms. The Morgan fingerprint density at radius 3 is 2.70 bits per heavy atom. The number of ether oxygens (including phenoxy) is 2. The molecule has 23 heavy (non-hydrogen) atoms. The van der Waals surface area contributed by atoms with Crippen LogP contribution in [0.2, 0.25) is 5.02 Å². The maximum Gasteiger partial charge on any atom is 0.336 e. The molecule has 3 nitrogen and oxygen atoms in total. The van der Waals surface area contributed by atoms with Crippen LogP contribution in [-0.4, -0.2) is 12.6 Å². The summed E-state index contributed by atoms with van der Waals surface area (Å²) in [6.45, 7) is 4.52. The zero-order chi connectivity index (χ0) is 16.7. The molecule has 0 heterocycles. The first-order chi connectivity index (χ1) is 11.1. The Morgan fingerprint density at radius 2 is 1.96 bits per heavy atom. The SMILES string of the molecule is CCCOc1ccccc1/C=C/C(=O)Oc1ccc(Cl)cc1C. The molecule has 2 aromatic rings. The highest BCUT2D eigenvalue weighted by molar-refractivity contribution is 6.30. The molecule has 4 heteroatoms. The summed E-state index contributed by atoms with van der Waals surface area (Å²) in [7, 11) is 0. The van der Waals surface area contributed by atoms with Gasteiger partial charge in [0.1, 0.15) is 11.5 Å². The van der Waals surface area contributed by atoms with Gasteiger partial charge in [0.15, 0.2) is 0 Å². The molecule has 0 radical (unpaired) electrons. The molecule has 2 rings (SSSR count). The van der Waals surface area contributed by atoms with Gasteiger partial charge in [-0.3, -0.25) is 0 Å². The Kier molecular flexibility index (Phi) is 6.24. The van der Waals surface area contributed by atoms with Gasteiger partial charge in [0, 0.05) is 16.7 Å². The smallest absolute Gasteiger partial charge is 0.336 e. The standard InChI is InChI=1S/C19H19ClO3/c1-3-12-22-18-7-5-4-6-15(18)8-11-19(21)23-17-10-9-16(20)13-14(17)2/h4-11,13H,3,12H2,1-2H3/b11-8+. The summed E-state index contributed by atoms with van der Waals surface area (Å²) in [5.41, 5.74) is 1.65. The molecule has 2 aromatic carbocycles. The van der Waals surface area contributed by atoms with E-state index in [2.05, 4.69) is 0 Å². The third kappa shape index (κ3) is 5.15. The topological polar surface area (TPSA) is 35.5 Å². The van der Waals surface area contributed by atoms with Gasteiger partial charge < -0.3 is 9.47 Å². The van der Waals surface area contributed by atoms with Gasteiger partial charge >= 0.3 is 5.97 Å². The lowest BCUT2D eigenvalue weighted by atomic mass is 10.2. The number of benzene rings is 2. The van der Waals surface area contributed by atoms with Crippen LogP contribution in [0.25, 0.3) is 6.08 Å². The van der Waals surface area contributed by atoms with E-state index < -0.39 is 5.97 Å². The molecule has 0 saturated heterocycles. The van der Waals surface area contributed by atoms with Crippen molar-refractivity contribution in [3.05, 3.63) is 64.7 Å². The molecule has 0 unspecified atom stereocenters. The van der Waals surface area contributed by atoms with Crippen LogP contribution in [0.1, 0.15) is 24.5 Å². The van der Waals surface area contributed by atoms with Crippen LogP contribution in [0.3, 0.4) is 0 Å². The van der Waals surface area contributed by atoms with Gasteiger partial charge in [-0.25, -0.2) is 4.79 Å². The first-order valence-corrected chi connectivity index (χ1v) is 7.86. The summed E-state index contributed by atoms with van der Waals surface area (Å²) in [6.07, 6.45) is 4.01. The van der Waals surface area contributed by atoms with E-state index >= 15 is 0 Å². The van der Waals surface area contributed by atoms with Crippen molar-refractivity contribution in [3.63, 3.8) is 0 Å². The molecule has 0 aromatic heterocycles. The molecule has 0 amide bonds. The highest BCUT2D eigenvalue weighted by Crippen LogP contribution is 2.23. The zero-order valence-electron chi connectivity index (χ0n) is 13.2. The number of rotatable bonds is 6. The van der Waals surface area contributed by atoms with Crippen molar-refractivity contribution < 1.29 is 14.3 Å². The largest absolute Gasteiger partial charge is 0.493 e. The Morgan fingerprint density at radius 1 is 1.17 bits per heavy atom. The quantitative estimate of drug-likeness (QED) is 0.422. The van der Waals surface area contributed by atoms with E-state index in [4.69, 9.17) is 21.1 Å². The van der Waals surface area contributed by atoms with Gasteiger partial charge in [-0.15, -0.1) is 0 Å². The number of carbonyl (C=O) groups excluding carboxylic acids is 1. The molecular formula is C19H19ClO3. The second kappa shape index (κ2) is 8.39. The van der Waals surface area contributed by atoms with E-state index in [0.717, 1.165) is 23.3 Å². The van der Waals surface area contributed by atoms with E-state index in [9.17, 15) is 4.79 Å². The highest BCUT2D eigenvalue weighted by atomic mass is 35.5. The highest BCUT2D eigenvalue weighted by Gasteiger charge is 2.05. The molecule has 0 N–H and O–H groups in total. The Labute approximate surface area is 141 Å². The molecule has 0 aliphatic rings. The van der Waals surface area contributed by atoms with Crippen LogP contribution in [0.4, 0.5) is 0 Å². The Hall–Kier alpha value is -2.26. The van der Waals surface area contributed by atoms with Crippen molar-refractivity contribution in [1.29, 1.82) is 0 Å². The third-order valence-electron chi connectivity index (χ3n) is 3.13. The van der Waals surface area contributed by atoms with Gasteiger partial charge in [-0.05, 0) is 49.2 Å². The van der Waals surface area contributed by atoms with Gasteiger partial charge in [0.2, 0.25) is 0 Å². The molecule has 0 aliphatic heterocycles. The lowest BCUT2D eigenvalue weighted by Crippen LogP contribution is -2.05. The molecule has 0 fully saturated rings. The van der Waals surface area contributed by atoms with E-state index in [1.165, 1.54) is 6.08 Å². The monoisotopic (exact) mass is 330 g/mol. The minimum Gasteiger partial charge on any atom is -0.493 e. The summed E-state index contributed by atoms with van der Waals surface area (Å²) < 4.78 is 11.0. The number of carbonyl (C=O) groups is 1. The molecule has 0 saturated carbocycles. The molecule has 0 aliphatic carbocycles. The van der Waals surface area contributed by atoms with Crippen molar-refractivity contribution in [3.8, 4) is 11.5 Å². The Bertz CT molecular complexity index is 708. The number of para-hydroxylation sites is 1.